The lowest BCUT2D eigenvalue weighted by molar-refractivity contribution is -0.00536. The van der Waals surface area contributed by atoms with Crippen LogP contribution in [0.3, 0.4) is 0 Å². The molecule has 1 saturated carbocycles. The van der Waals surface area contributed by atoms with E-state index in [4.69, 9.17) is 4.74 Å². The third-order valence-electron chi connectivity index (χ3n) is 3.57. The van der Waals surface area contributed by atoms with Crippen molar-refractivity contribution in [2.75, 3.05) is 11.9 Å². The second-order valence-electron chi connectivity index (χ2n) is 5.15. The number of hydrogen-bond acceptors (Lipinski definition) is 4. The molecule has 102 valence electrons. The first kappa shape index (κ1) is 12.9. The Kier molecular flexibility index (Phi) is 3.99. The first-order valence-corrected chi connectivity index (χ1v) is 7.90. The van der Waals surface area contributed by atoms with Gasteiger partial charge in [-0.25, -0.2) is 4.98 Å². The van der Waals surface area contributed by atoms with Crippen LogP contribution in [0.25, 0.3) is 10.2 Å². The van der Waals surface area contributed by atoms with Crippen LogP contribution >= 0.6 is 11.3 Å². The van der Waals surface area contributed by atoms with E-state index >= 15 is 0 Å². The lowest BCUT2D eigenvalue weighted by Gasteiger charge is -2.35. The quantitative estimate of drug-likeness (QED) is 0.808. The molecule has 0 spiro atoms. The SMILES string of the molecule is CCCCO[C@H]1C[C@H](Nc2nc3ccccc3s2)C1. The largest absolute Gasteiger partial charge is 0.378 e. The number of fused-ring (bicyclic) bond motifs is 1. The molecular formula is C15H20N2OS. The van der Waals surface area contributed by atoms with Gasteiger partial charge in [-0.05, 0) is 31.4 Å². The van der Waals surface area contributed by atoms with Crippen molar-refractivity contribution in [1.29, 1.82) is 0 Å². The molecule has 0 bridgehead atoms. The number of ether oxygens (including phenoxy) is 1. The molecule has 4 heteroatoms. The zero-order valence-corrected chi connectivity index (χ0v) is 12.1. The van der Waals surface area contributed by atoms with Gasteiger partial charge in [0.15, 0.2) is 5.13 Å². The minimum absolute atomic E-state index is 0.457. The van der Waals surface area contributed by atoms with Gasteiger partial charge >= 0.3 is 0 Å². The molecule has 0 amide bonds. The zero-order chi connectivity index (χ0) is 13.1. The Bertz CT molecular complexity index is 501. The minimum Gasteiger partial charge on any atom is -0.378 e. The van der Waals surface area contributed by atoms with Crippen LogP contribution in [-0.4, -0.2) is 23.7 Å². The van der Waals surface area contributed by atoms with Gasteiger partial charge in [-0.2, -0.15) is 0 Å². The molecule has 0 atom stereocenters. The van der Waals surface area contributed by atoms with Gasteiger partial charge in [0, 0.05) is 12.6 Å². The van der Waals surface area contributed by atoms with Crippen molar-refractivity contribution < 1.29 is 4.74 Å². The third kappa shape index (κ3) is 3.07. The smallest absolute Gasteiger partial charge is 0.184 e. The van der Waals surface area contributed by atoms with E-state index in [1.54, 1.807) is 11.3 Å². The lowest BCUT2D eigenvalue weighted by Crippen LogP contribution is -2.40. The van der Waals surface area contributed by atoms with Crippen LogP contribution in [0.15, 0.2) is 24.3 Å². The zero-order valence-electron chi connectivity index (χ0n) is 11.3. The number of benzene rings is 1. The molecule has 0 radical (unpaired) electrons. The molecule has 1 aromatic heterocycles. The van der Waals surface area contributed by atoms with Crippen LogP contribution in [0, 0.1) is 0 Å². The van der Waals surface area contributed by atoms with Crippen molar-refractivity contribution >= 4 is 26.7 Å². The number of nitrogens with zero attached hydrogens (tertiary/aromatic N) is 1. The fraction of sp³-hybridized carbons (Fsp3) is 0.533. The van der Waals surface area contributed by atoms with Crippen molar-refractivity contribution in [3.05, 3.63) is 24.3 Å². The molecule has 1 aliphatic carbocycles. The van der Waals surface area contributed by atoms with E-state index in [0.29, 0.717) is 12.1 Å². The summed E-state index contributed by atoms with van der Waals surface area (Å²) in [5, 5.41) is 4.56. The summed E-state index contributed by atoms with van der Waals surface area (Å²) in [5.41, 5.74) is 1.09. The van der Waals surface area contributed by atoms with Crippen molar-refractivity contribution in [3.63, 3.8) is 0 Å². The summed E-state index contributed by atoms with van der Waals surface area (Å²) < 4.78 is 7.04. The van der Waals surface area contributed by atoms with Gasteiger partial charge in [0.2, 0.25) is 0 Å². The number of thiazole rings is 1. The van der Waals surface area contributed by atoms with E-state index in [-0.39, 0.29) is 0 Å². The minimum atomic E-state index is 0.457. The number of para-hydroxylation sites is 1. The Balaban J connectivity index is 1.48. The van der Waals surface area contributed by atoms with Gasteiger partial charge in [-0.3, -0.25) is 0 Å². The fourth-order valence-corrected chi connectivity index (χ4v) is 3.27. The Hall–Kier alpha value is -1.13. The Labute approximate surface area is 118 Å². The molecule has 0 unspecified atom stereocenters. The average molecular weight is 276 g/mol. The maximum absolute atomic E-state index is 5.79. The summed E-state index contributed by atoms with van der Waals surface area (Å²) in [6, 6.07) is 8.81. The van der Waals surface area contributed by atoms with Crippen molar-refractivity contribution in [1.82, 2.24) is 4.98 Å². The number of aromatic nitrogens is 1. The highest BCUT2D eigenvalue weighted by molar-refractivity contribution is 7.22. The highest BCUT2D eigenvalue weighted by atomic mass is 32.1. The van der Waals surface area contributed by atoms with E-state index in [1.807, 2.05) is 6.07 Å². The predicted molar refractivity (Wildman–Crippen MR) is 80.9 cm³/mol. The summed E-state index contributed by atoms with van der Waals surface area (Å²) in [5.74, 6) is 0. The Morgan fingerprint density at radius 2 is 2.21 bits per heavy atom. The van der Waals surface area contributed by atoms with Crippen LogP contribution in [-0.2, 0) is 4.74 Å². The van der Waals surface area contributed by atoms with Gasteiger partial charge in [0.25, 0.3) is 0 Å². The fourth-order valence-electron chi connectivity index (χ4n) is 2.32. The van der Waals surface area contributed by atoms with Gasteiger partial charge < -0.3 is 10.1 Å². The Morgan fingerprint density at radius 3 is 3.00 bits per heavy atom. The molecule has 3 nitrogen and oxygen atoms in total. The molecule has 1 fully saturated rings. The molecule has 1 aliphatic rings. The summed E-state index contributed by atoms with van der Waals surface area (Å²) in [6.45, 7) is 3.11. The van der Waals surface area contributed by atoms with Gasteiger partial charge in [0.05, 0.1) is 16.3 Å². The standard InChI is InChI=1S/C15H20N2OS/c1-2-3-8-18-12-9-11(10-12)16-15-17-13-6-4-5-7-14(13)19-15/h4-7,11-12H,2-3,8-10H2,1H3,(H,16,17)/t11-,12-. The van der Waals surface area contributed by atoms with Crippen molar-refractivity contribution in [3.8, 4) is 0 Å². The summed E-state index contributed by atoms with van der Waals surface area (Å²) in [4.78, 5) is 4.60. The average Bonchev–Trinajstić information content (AvgIpc) is 2.78. The summed E-state index contributed by atoms with van der Waals surface area (Å²) in [6.07, 6.45) is 5.06. The summed E-state index contributed by atoms with van der Waals surface area (Å²) in [7, 11) is 0. The molecule has 3 rings (SSSR count). The van der Waals surface area contributed by atoms with Crippen LogP contribution in [0.5, 0.6) is 0 Å². The number of unbranched alkanes of at least 4 members (excludes halogenated alkanes) is 1. The normalized spacial score (nSPS) is 22.4. The molecule has 1 aromatic carbocycles. The van der Waals surface area contributed by atoms with E-state index in [2.05, 4.69) is 35.4 Å². The van der Waals surface area contributed by atoms with Gasteiger partial charge in [-0.1, -0.05) is 36.8 Å². The number of anilines is 1. The van der Waals surface area contributed by atoms with E-state index in [0.717, 1.165) is 30.1 Å². The summed E-state index contributed by atoms with van der Waals surface area (Å²) >= 11 is 1.73. The molecule has 1 N–H and O–H groups in total. The van der Waals surface area contributed by atoms with E-state index in [9.17, 15) is 0 Å². The maximum atomic E-state index is 5.79. The molecule has 0 aliphatic heterocycles. The second kappa shape index (κ2) is 5.88. The number of rotatable bonds is 6. The lowest BCUT2D eigenvalue weighted by atomic mass is 9.89. The third-order valence-corrected chi connectivity index (χ3v) is 4.54. The molecule has 19 heavy (non-hydrogen) atoms. The van der Waals surface area contributed by atoms with Crippen LogP contribution in [0.4, 0.5) is 5.13 Å². The molecule has 2 aromatic rings. The maximum Gasteiger partial charge on any atom is 0.184 e. The molecular weight excluding hydrogens is 256 g/mol. The number of nitrogens with one attached hydrogen (secondary N) is 1. The van der Waals surface area contributed by atoms with Gasteiger partial charge in [-0.15, -0.1) is 0 Å². The topological polar surface area (TPSA) is 34.1 Å². The van der Waals surface area contributed by atoms with Crippen LogP contribution < -0.4 is 5.32 Å². The monoisotopic (exact) mass is 276 g/mol. The highest BCUT2D eigenvalue weighted by Crippen LogP contribution is 2.31. The molecule has 1 heterocycles. The number of hydrogen-bond donors (Lipinski definition) is 1. The molecule has 0 saturated heterocycles. The van der Waals surface area contributed by atoms with E-state index < -0.39 is 0 Å². The van der Waals surface area contributed by atoms with Crippen LogP contribution in [0.1, 0.15) is 32.6 Å². The highest BCUT2D eigenvalue weighted by Gasteiger charge is 2.30. The first-order valence-electron chi connectivity index (χ1n) is 7.09. The van der Waals surface area contributed by atoms with Crippen LogP contribution in [0.2, 0.25) is 0 Å². The van der Waals surface area contributed by atoms with E-state index in [1.165, 1.54) is 17.5 Å². The Morgan fingerprint density at radius 1 is 1.37 bits per heavy atom. The van der Waals surface area contributed by atoms with Crippen molar-refractivity contribution in [2.24, 2.45) is 0 Å². The van der Waals surface area contributed by atoms with Gasteiger partial charge in [0.1, 0.15) is 0 Å². The van der Waals surface area contributed by atoms with Crippen molar-refractivity contribution in [2.45, 2.75) is 44.8 Å². The predicted octanol–water partition coefficient (Wildman–Crippen LogP) is 4.06. The second-order valence-corrected chi connectivity index (χ2v) is 6.18. The first-order chi connectivity index (χ1) is 9.35.